The number of nitrogens with zero attached hydrogens (tertiary/aromatic N) is 4. The number of carbonyl (C=O) groups is 1. The molecule has 0 aromatic heterocycles. The van der Waals surface area contributed by atoms with Gasteiger partial charge in [0, 0.05) is 82.2 Å². The maximum absolute atomic E-state index is 14.0. The Hall–Kier alpha value is -3.47. The van der Waals surface area contributed by atoms with E-state index < -0.39 is 16.6 Å². The van der Waals surface area contributed by atoms with Gasteiger partial charge in [-0.1, -0.05) is 7.43 Å². The van der Waals surface area contributed by atoms with Gasteiger partial charge in [-0.15, -0.1) is 0 Å². The fraction of sp³-hybridized carbons (Fsp3) is 0.500. The van der Waals surface area contributed by atoms with E-state index in [-0.39, 0.29) is 30.8 Å². The van der Waals surface area contributed by atoms with Gasteiger partial charge in [-0.2, -0.15) is 0 Å². The third-order valence-corrected chi connectivity index (χ3v) is 6.86. The third kappa shape index (κ3) is 7.06. The molecule has 37 heavy (non-hydrogen) atoms. The number of hydrogen-bond acceptors (Lipinski definition) is 7. The van der Waals surface area contributed by atoms with E-state index in [0.717, 1.165) is 37.7 Å². The van der Waals surface area contributed by atoms with Crippen LogP contribution in [0.15, 0.2) is 36.4 Å². The maximum Gasteiger partial charge on any atom is 0.311 e. The molecule has 202 valence electrons. The molecule has 2 aromatic carbocycles. The summed E-state index contributed by atoms with van der Waals surface area (Å²) >= 11 is 0. The van der Waals surface area contributed by atoms with Crippen molar-refractivity contribution in [2.45, 2.75) is 32.7 Å². The normalized spacial score (nSPS) is 16.7. The van der Waals surface area contributed by atoms with Crippen molar-refractivity contribution < 1.29 is 23.2 Å². The summed E-state index contributed by atoms with van der Waals surface area (Å²) in [7, 11) is 1.40. The fourth-order valence-electron chi connectivity index (χ4n) is 4.79. The fourth-order valence-corrected chi connectivity index (χ4v) is 4.79. The zero-order valence-electron chi connectivity index (χ0n) is 20.3. The van der Waals surface area contributed by atoms with Crippen LogP contribution in [0.2, 0.25) is 0 Å². The number of likely N-dealkylation sites (tertiary alicyclic amines) is 1. The summed E-state index contributed by atoms with van der Waals surface area (Å²) in [4.78, 5) is 29.3. The first-order valence-corrected chi connectivity index (χ1v) is 12.1. The van der Waals surface area contributed by atoms with Crippen LogP contribution in [0, 0.1) is 21.7 Å². The lowest BCUT2D eigenvalue weighted by atomic mass is 10.0. The van der Waals surface area contributed by atoms with Gasteiger partial charge in [0.25, 0.3) is 0 Å². The predicted molar refractivity (Wildman–Crippen MR) is 139 cm³/mol. The maximum atomic E-state index is 14.0. The molecule has 0 bridgehead atoms. The summed E-state index contributed by atoms with van der Waals surface area (Å²) in [6, 6.07) is 8.53. The van der Waals surface area contributed by atoms with Crippen molar-refractivity contribution in [3.05, 3.63) is 58.1 Å². The summed E-state index contributed by atoms with van der Waals surface area (Å²) < 4.78 is 32.3. The number of benzene rings is 2. The first kappa shape index (κ1) is 28.1. The first-order chi connectivity index (χ1) is 17.3. The van der Waals surface area contributed by atoms with Crippen molar-refractivity contribution >= 4 is 23.0 Å². The van der Waals surface area contributed by atoms with Gasteiger partial charge in [0.15, 0.2) is 5.75 Å². The summed E-state index contributed by atoms with van der Waals surface area (Å²) in [5.74, 6) is -0.803. The van der Waals surface area contributed by atoms with Gasteiger partial charge in [-0.3, -0.25) is 19.8 Å². The Morgan fingerprint density at radius 2 is 1.78 bits per heavy atom. The average Bonchev–Trinajstić information content (AvgIpc) is 2.88. The van der Waals surface area contributed by atoms with E-state index in [0.29, 0.717) is 44.8 Å². The highest BCUT2D eigenvalue weighted by molar-refractivity contribution is 5.76. The van der Waals surface area contributed by atoms with Crippen LogP contribution < -0.4 is 15.0 Å². The minimum Gasteiger partial charge on any atom is -0.490 e. The number of piperidine rings is 1. The van der Waals surface area contributed by atoms with Gasteiger partial charge in [0.1, 0.15) is 11.6 Å². The van der Waals surface area contributed by atoms with Gasteiger partial charge in [-0.25, -0.2) is 8.78 Å². The molecule has 2 saturated heterocycles. The second kappa shape index (κ2) is 12.7. The van der Waals surface area contributed by atoms with E-state index in [9.17, 15) is 23.7 Å². The number of anilines is 2. The number of hydrogen-bond donors (Lipinski definition) is 1. The number of amides is 1. The lowest BCUT2D eigenvalue weighted by molar-refractivity contribution is -0.385. The monoisotopic (exact) mass is 519 g/mol. The van der Waals surface area contributed by atoms with Crippen LogP contribution in [-0.4, -0.2) is 79.6 Å². The van der Waals surface area contributed by atoms with Crippen LogP contribution in [0.1, 0.15) is 26.7 Å². The zero-order valence-corrected chi connectivity index (χ0v) is 20.3. The Bertz CT molecular complexity index is 1090. The van der Waals surface area contributed by atoms with E-state index in [2.05, 4.69) is 10.2 Å². The number of nitrogens with one attached hydrogen (secondary N) is 1. The number of carbonyl (C=O) groups excluding carboxylic acids is 1. The van der Waals surface area contributed by atoms with Crippen molar-refractivity contribution in [3.63, 3.8) is 0 Å². The molecular formula is C26H35F2N5O4. The van der Waals surface area contributed by atoms with Crippen LogP contribution in [0.25, 0.3) is 0 Å². The number of nitro groups is 1. The predicted octanol–water partition coefficient (Wildman–Crippen LogP) is 4.13. The van der Waals surface area contributed by atoms with Gasteiger partial charge in [0.2, 0.25) is 5.91 Å². The molecule has 0 atom stereocenters. The smallest absolute Gasteiger partial charge is 0.311 e. The van der Waals surface area contributed by atoms with E-state index in [1.165, 1.54) is 25.3 Å². The van der Waals surface area contributed by atoms with Crippen molar-refractivity contribution in [1.29, 1.82) is 0 Å². The van der Waals surface area contributed by atoms with Crippen molar-refractivity contribution in [3.8, 4) is 5.75 Å². The molecule has 2 fully saturated rings. The molecule has 0 saturated carbocycles. The molecule has 0 radical (unpaired) electrons. The van der Waals surface area contributed by atoms with E-state index in [4.69, 9.17) is 4.74 Å². The minimum absolute atomic E-state index is 0. The molecule has 2 aliphatic rings. The molecule has 4 rings (SSSR count). The molecule has 0 unspecified atom stereocenters. The Morgan fingerprint density at radius 1 is 1.08 bits per heavy atom. The highest BCUT2D eigenvalue weighted by Gasteiger charge is 2.25. The summed E-state index contributed by atoms with van der Waals surface area (Å²) in [6.07, 6.45) is 2.00. The summed E-state index contributed by atoms with van der Waals surface area (Å²) in [5.41, 5.74) is 1.09. The molecule has 1 amide bonds. The highest BCUT2D eigenvalue weighted by atomic mass is 19.1. The molecule has 11 heteroatoms. The Balaban J connectivity index is 0.00000380. The van der Waals surface area contributed by atoms with Crippen LogP contribution >= 0.6 is 0 Å². The number of nitro benzene ring substituents is 1. The Kier molecular flexibility index (Phi) is 9.62. The van der Waals surface area contributed by atoms with Gasteiger partial charge in [-0.05, 0) is 31.0 Å². The number of rotatable bonds is 8. The summed E-state index contributed by atoms with van der Waals surface area (Å²) in [5, 5.41) is 14.5. The van der Waals surface area contributed by atoms with Crippen LogP contribution in [0.5, 0.6) is 5.75 Å². The third-order valence-electron chi connectivity index (χ3n) is 6.86. The topological polar surface area (TPSA) is 91.2 Å². The molecule has 2 aliphatic heterocycles. The molecular weight excluding hydrogens is 484 g/mol. The van der Waals surface area contributed by atoms with Crippen LogP contribution in [-0.2, 0) is 4.79 Å². The van der Waals surface area contributed by atoms with Crippen LogP contribution in [0.4, 0.5) is 25.8 Å². The second-order valence-corrected chi connectivity index (χ2v) is 9.12. The van der Waals surface area contributed by atoms with Crippen LogP contribution in [0.3, 0.4) is 0 Å². The zero-order chi connectivity index (χ0) is 25.7. The van der Waals surface area contributed by atoms with Gasteiger partial charge < -0.3 is 19.9 Å². The number of halogens is 2. The SMILES string of the molecule is C.COc1cc(NC2CCN(C(=O)CCN3CCN(c4ccc(F)cc4F)CC3)CC2)ccc1[N+](=O)[O-]. The number of piperazine rings is 1. The van der Waals surface area contributed by atoms with E-state index in [1.807, 2.05) is 9.80 Å². The molecule has 2 aromatic rings. The Labute approximate surface area is 216 Å². The van der Waals surface area contributed by atoms with Gasteiger partial charge in [0.05, 0.1) is 17.7 Å². The molecule has 2 heterocycles. The second-order valence-electron chi connectivity index (χ2n) is 9.12. The van der Waals surface area contributed by atoms with Crippen molar-refractivity contribution in [2.24, 2.45) is 0 Å². The molecule has 9 nitrogen and oxygen atoms in total. The summed E-state index contributed by atoms with van der Waals surface area (Å²) in [6.45, 7) is 4.64. The van der Waals surface area contributed by atoms with Gasteiger partial charge >= 0.3 is 5.69 Å². The molecule has 0 spiro atoms. The lowest BCUT2D eigenvalue weighted by Crippen LogP contribution is -2.48. The molecule has 0 aliphatic carbocycles. The molecule has 1 N–H and O–H groups in total. The first-order valence-electron chi connectivity index (χ1n) is 12.1. The number of methoxy groups -OCH3 is 1. The van der Waals surface area contributed by atoms with E-state index in [1.54, 1.807) is 12.1 Å². The standard InChI is InChI=1S/C25H31F2N5O4.CH4/c1-36-24-17-20(3-5-23(24)32(34)35)28-19-6-10-31(11-7-19)25(33)8-9-29-12-14-30(15-13-29)22-4-2-18(26)16-21(22)27;/h2-5,16-17,19,28H,6-15H2,1H3;1H4. The Morgan fingerprint density at radius 3 is 2.41 bits per heavy atom. The minimum atomic E-state index is -0.584. The lowest BCUT2D eigenvalue weighted by Gasteiger charge is -2.37. The van der Waals surface area contributed by atoms with Crippen molar-refractivity contribution in [2.75, 3.05) is 63.1 Å². The largest absolute Gasteiger partial charge is 0.490 e. The van der Waals surface area contributed by atoms with Crippen molar-refractivity contribution in [1.82, 2.24) is 9.80 Å². The number of ether oxygens (including phenoxy) is 1. The van der Waals surface area contributed by atoms with E-state index >= 15 is 0 Å². The average molecular weight is 520 g/mol. The highest BCUT2D eigenvalue weighted by Crippen LogP contribution is 2.30. The quantitative estimate of drug-likeness (QED) is 0.414.